The van der Waals surface area contributed by atoms with Crippen LogP contribution >= 0.6 is 11.6 Å². The molecule has 0 aliphatic rings. The maximum absolute atomic E-state index is 12.6. The number of aromatic nitrogens is 5. The fourth-order valence-corrected chi connectivity index (χ4v) is 3.61. The van der Waals surface area contributed by atoms with Gasteiger partial charge in [0.1, 0.15) is 0 Å². The Balaban J connectivity index is 1.77. The second kappa shape index (κ2) is 6.70. The summed E-state index contributed by atoms with van der Waals surface area (Å²) in [5.41, 5.74) is 7.31. The van der Waals surface area contributed by atoms with Crippen LogP contribution in [0.2, 0.25) is 5.02 Å². The lowest BCUT2D eigenvalue weighted by atomic mass is 10.1. The Morgan fingerprint density at radius 1 is 1.07 bits per heavy atom. The van der Waals surface area contributed by atoms with Gasteiger partial charge in [-0.3, -0.25) is 15.0 Å². The molecule has 0 saturated carbocycles. The monoisotopic (exact) mass is 381 g/mol. The third kappa shape index (κ3) is 3.17. The molecule has 7 heteroatoms. The van der Waals surface area contributed by atoms with Crippen LogP contribution in [0.15, 0.2) is 35.1 Å². The van der Waals surface area contributed by atoms with Crippen molar-refractivity contribution in [3.05, 3.63) is 74.0 Å². The number of fused-ring (bicyclic) bond motifs is 1. The summed E-state index contributed by atoms with van der Waals surface area (Å²) < 4.78 is 1.50. The van der Waals surface area contributed by atoms with Gasteiger partial charge in [-0.15, -0.1) is 0 Å². The standard InChI is InChI=1S/C20H20ClN5O/c1-11-17(12(2)24-23-11)9-8-16-10-18(27)26-20(22-16)19(13(3)25-26)14-4-6-15(21)7-5-14/h4-7,10,25H,8-9H2,1-3H3,(H,23,24). The van der Waals surface area contributed by atoms with E-state index in [0.29, 0.717) is 17.1 Å². The SMILES string of the molecule is Cc1n[nH]c(C)c1CCc1cc(=O)n2[nH]c(C)c(-c3ccc(Cl)cc3)c2n1. The molecular formula is C20H20ClN5O. The lowest BCUT2D eigenvalue weighted by molar-refractivity contribution is 0.840. The molecule has 4 aromatic rings. The second-order valence-corrected chi connectivity index (χ2v) is 7.21. The number of rotatable bonds is 4. The highest BCUT2D eigenvalue weighted by molar-refractivity contribution is 6.30. The van der Waals surface area contributed by atoms with E-state index in [1.54, 1.807) is 6.07 Å². The third-order valence-corrected chi connectivity index (χ3v) is 5.15. The maximum Gasteiger partial charge on any atom is 0.272 e. The van der Waals surface area contributed by atoms with Crippen molar-refractivity contribution < 1.29 is 0 Å². The highest BCUT2D eigenvalue weighted by Gasteiger charge is 2.15. The van der Waals surface area contributed by atoms with Crippen molar-refractivity contribution in [2.24, 2.45) is 0 Å². The average molecular weight is 382 g/mol. The molecule has 3 heterocycles. The molecular weight excluding hydrogens is 362 g/mol. The minimum absolute atomic E-state index is 0.112. The van der Waals surface area contributed by atoms with Crippen molar-refractivity contribution in [2.75, 3.05) is 0 Å². The number of benzene rings is 1. The molecule has 4 rings (SSSR count). The first-order valence-electron chi connectivity index (χ1n) is 8.81. The first-order chi connectivity index (χ1) is 12.9. The van der Waals surface area contributed by atoms with E-state index >= 15 is 0 Å². The Morgan fingerprint density at radius 2 is 1.81 bits per heavy atom. The summed E-state index contributed by atoms with van der Waals surface area (Å²) in [6.07, 6.45) is 1.47. The molecule has 0 radical (unpaired) electrons. The van der Waals surface area contributed by atoms with Crippen molar-refractivity contribution in [1.82, 2.24) is 24.8 Å². The van der Waals surface area contributed by atoms with E-state index in [0.717, 1.165) is 40.3 Å². The van der Waals surface area contributed by atoms with Gasteiger partial charge in [0.25, 0.3) is 5.56 Å². The van der Waals surface area contributed by atoms with Crippen molar-refractivity contribution in [3.8, 4) is 11.1 Å². The molecule has 0 amide bonds. The van der Waals surface area contributed by atoms with E-state index in [1.807, 2.05) is 45.0 Å². The average Bonchev–Trinajstić information content (AvgIpc) is 3.13. The second-order valence-electron chi connectivity index (χ2n) is 6.78. The van der Waals surface area contributed by atoms with Crippen LogP contribution in [0.3, 0.4) is 0 Å². The van der Waals surface area contributed by atoms with Gasteiger partial charge in [-0.25, -0.2) is 9.50 Å². The van der Waals surface area contributed by atoms with E-state index < -0.39 is 0 Å². The Kier molecular flexibility index (Phi) is 4.36. The Labute approximate surface area is 161 Å². The summed E-state index contributed by atoms with van der Waals surface area (Å²) in [6, 6.07) is 9.16. The quantitative estimate of drug-likeness (QED) is 0.564. The van der Waals surface area contributed by atoms with Gasteiger partial charge in [-0.05, 0) is 56.9 Å². The lowest BCUT2D eigenvalue weighted by Gasteiger charge is -2.04. The number of aromatic amines is 2. The van der Waals surface area contributed by atoms with Crippen LogP contribution in [-0.4, -0.2) is 24.8 Å². The first-order valence-corrected chi connectivity index (χ1v) is 9.19. The fourth-order valence-electron chi connectivity index (χ4n) is 3.48. The van der Waals surface area contributed by atoms with Crippen LogP contribution in [-0.2, 0) is 12.8 Å². The molecule has 27 heavy (non-hydrogen) atoms. The Hall–Kier alpha value is -2.86. The van der Waals surface area contributed by atoms with Crippen molar-refractivity contribution in [3.63, 3.8) is 0 Å². The number of nitrogens with zero attached hydrogens (tertiary/aromatic N) is 3. The Morgan fingerprint density at radius 3 is 2.48 bits per heavy atom. The van der Waals surface area contributed by atoms with Gasteiger partial charge >= 0.3 is 0 Å². The summed E-state index contributed by atoms with van der Waals surface area (Å²) in [7, 11) is 0. The van der Waals surface area contributed by atoms with Crippen molar-refractivity contribution in [2.45, 2.75) is 33.6 Å². The molecule has 138 valence electrons. The molecule has 3 aromatic heterocycles. The van der Waals surface area contributed by atoms with Gasteiger partial charge in [0.05, 0.1) is 5.69 Å². The number of aryl methyl sites for hydroxylation is 4. The molecule has 0 bridgehead atoms. The zero-order chi connectivity index (χ0) is 19.1. The Bertz CT molecular complexity index is 1160. The van der Waals surface area contributed by atoms with Crippen LogP contribution in [0, 0.1) is 20.8 Å². The van der Waals surface area contributed by atoms with Crippen LogP contribution in [0.25, 0.3) is 16.8 Å². The van der Waals surface area contributed by atoms with Crippen LogP contribution < -0.4 is 5.56 Å². The molecule has 6 nitrogen and oxygen atoms in total. The van der Waals surface area contributed by atoms with Crippen molar-refractivity contribution in [1.29, 1.82) is 0 Å². The topological polar surface area (TPSA) is 78.8 Å². The molecule has 0 unspecified atom stereocenters. The van der Waals surface area contributed by atoms with Crippen LogP contribution in [0.4, 0.5) is 0 Å². The smallest absolute Gasteiger partial charge is 0.272 e. The number of H-pyrrole nitrogens is 2. The van der Waals surface area contributed by atoms with Gasteiger partial charge in [-0.1, -0.05) is 23.7 Å². The summed E-state index contributed by atoms with van der Waals surface area (Å²) in [6.45, 7) is 5.93. The molecule has 1 aromatic carbocycles. The first kappa shape index (κ1) is 17.5. The largest absolute Gasteiger partial charge is 0.293 e. The minimum atomic E-state index is -0.112. The predicted octanol–water partition coefficient (Wildman–Crippen LogP) is 3.78. The summed E-state index contributed by atoms with van der Waals surface area (Å²) >= 11 is 6.01. The molecule has 0 spiro atoms. The predicted molar refractivity (Wildman–Crippen MR) is 106 cm³/mol. The van der Waals surface area contributed by atoms with Gasteiger partial charge < -0.3 is 0 Å². The van der Waals surface area contributed by atoms with Gasteiger partial charge in [0, 0.05) is 33.7 Å². The molecule has 2 N–H and O–H groups in total. The van der Waals surface area contributed by atoms with Crippen LogP contribution in [0.1, 0.15) is 28.3 Å². The maximum atomic E-state index is 12.6. The minimum Gasteiger partial charge on any atom is -0.293 e. The fraction of sp³-hybridized carbons (Fsp3) is 0.250. The molecule has 0 fully saturated rings. The van der Waals surface area contributed by atoms with Gasteiger partial charge in [0.15, 0.2) is 5.65 Å². The van der Waals surface area contributed by atoms with E-state index in [9.17, 15) is 4.79 Å². The van der Waals surface area contributed by atoms with E-state index in [-0.39, 0.29) is 5.56 Å². The number of hydrogen-bond donors (Lipinski definition) is 2. The van der Waals surface area contributed by atoms with Gasteiger partial charge in [-0.2, -0.15) is 5.10 Å². The van der Waals surface area contributed by atoms with Crippen molar-refractivity contribution >= 4 is 17.2 Å². The number of halogens is 1. The van der Waals surface area contributed by atoms with E-state index in [2.05, 4.69) is 15.3 Å². The number of hydrogen-bond acceptors (Lipinski definition) is 3. The third-order valence-electron chi connectivity index (χ3n) is 4.89. The molecule has 0 atom stereocenters. The summed E-state index contributed by atoms with van der Waals surface area (Å²) in [4.78, 5) is 17.4. The molecule has 0 aliphatic carbocycles. The normalized spacial score (nSPS) is 11.4. The van der Waals surface area contributed by atoms with E-state index in [4.69, 9.17) is 16.6 Å². The summed E-state index contributed by atoms with van der Waals surface area (Å²) in [5.74, 6) is 0. The molecule has 0 aliphatic heterocycles. The number of nitrogens with one attached hydrogen (secondary N) is 2. The zero-order valence-electron chi connectivity index (χ0n) is 15.4. The highest BCUT2D eigenvalue weighted by atomic mass is 35.5. The van der Waals surface area contributed by atoms with Crippen LogP contribution in [0.5, 0.6) is 0 Å². The zero-order valence-corrected chi connectivity index (χ0v) is 16.2. The lowest BCUT2D eigenvalue weighted by Crippen LogP contribution is -2.16. The molecule has 0 saturated heterocycles. The van der Waals surface area contributed by atoms with Gasteiger partial charge in [0.2, 0.25) is 0 Å². The van der Waals surface area contributed by atoms with E-state index in [1.165, 1.54) is 10.1 Å². The summed E-state index contributed by atoms with van der Waals surface area (Å²) in [5, 5.41) is 11.0. The highest BCUT2D eigenvalue weighted by Crippen LogP contribution is 2.27.